The molecule has 0 radical (unpaired) electrons. The lowest BCUT2D eigenvalue weighted by Crippen LogP contribution is -2.20. The summed E-state index contributed by atoms with van der Waals surface area (Å²) in [6.07, 6.45) is -4.03. The highest BCUT2D eigenvalue weighted by Gasteiger charge is 2.33. The van der Waals surface area contributed by atoms with E-state index in [4.69, 9.17) is 5.73 Å². The van der Waals surface area contributed by atoms with E-state index in [1.54, 1.807) is 22.6 Å². The third kappa shape index (κ3) is 3.45. The van der Waals surface area contributed by atoms with Gasteiger partial charge < -0.3 is 15.2 Å². The van der Waals surface area contributed by atoms with Crippen molar-refractivity contribution >= 4 is 28.6 Å². The van der Waals surface area contributed by atoms with Gasteiger partial charge in [-0.15, -0.1) is 13.2 Å². The Balaban J connectivity index is 3.24. The predicted molar refractivity (Wildman–Crippen MR) is 62.9 cm³/mol. The zero-order valence-corrected chi connectivity index (χ0v) is 11.2. The minimum absolute atomic E-state index is 0.0721. The fourth-order valence-electron chi connectivity index (χ4n) is 1.17. The van der Waals surface area contributed by atoms with Gasteiger partial charge in [-0.1, -0.05) is 0 Å². The first-order valence-electron chi connectivity index (χ1n) is 4.51. The van der Waals surface area contributed by atoms with Crippen molar-refractivity contribution in [3.63, 3.8) is 0 Å². The Morgan fingerprint density at radius 1 is 1.56 bits per heavy atom. The number of rotatable bonds is 3. The number of carbonyl (C=O) groups excluding carboxylic acids is 1. The van der Waals surface area contributed by atoms with Crippen LogP contribution in [-0.4, -0.2) is 24.4 Å². The molecule has 0 saturated carbocycles. The minimum atomic E-state index is -4.83. The number of carbonyl (C=O) groups is 1. The van der Waals surface area contributed by atoms with Crippen molar-refractivity contribution in [2.24, 2.45) is 5.73 Å². The molecule has 0 unspecified atom stereocenters. The molecule has 0 spiro atoms. The maximum atomic E-state index is 12.1. The lowest BCUT2D eigenvalue weighted by molar-refractivity contribution is -0.275. The second-order valence-electron chi connectivity index (χ2n) is 3.01. The molecule has 0 atom stereocenters. The van der Waals surface area contributed by atoms with Gasteiger partial charge in [0, 0.05) is 12.1 Å². The van der Waals surface area contributed by atoms with Gasteiger partial charge in [0.05, 0.1) is 16.9 Å². The van der Waals surface area contributed by atoms with E-state index in [1.165, 1.54) is 0 Å². The van der Waals surface area contributed by atoms with Gasteiger partial charge in [-0.05, 0) is 22.6 Å². The molecule has 18 heavy (non-hydrogen) atoms. The third-order valence-electron chi connectivity index (χ3n) is 1.89. The van der Waals surface area contributed by atoms with Gasteiger partial charge in [-0.25, -0.2) is 9.78 Å². The molecule has 1 aromatic rings. The van der Waals surface area contributed by atoms with Crippen molar-refractivity contribution in [1.82, 2.24) is 4.98 Å². The van der Waals surface area contributed by atoms with E-state index in [0.717, 1.165) is 13.3 Å². The van der Waals surface area contributed by atoms with Crippen LogP contribution >= 0.6 is 22.6 Å². The van der Waals surface area contributed by atoms with E-state index in [2.05, 4.69) is 14.5 Å². The van der Waals surface area contributed by atoms with Crippen LogP contribution in [0.15, 0.2) is 6.20 Å². The average Bonchev–Trinajstić information content (AvgIpc) is 2.28. The van der Waals surface area contributed by atoms with Crippen LogP contribution in [0.3, 0.4) is 0 Å². The van der Waals surface area contributed by atoms with Crippen molar-refractivity contribution in [2.75, 3.05) is 7.11 Å². The number of aromatic nitrogens is 1. The fourth-order valence-corrected chi connectivity index (χ4v) is 1.89. The standard InChI is InChI=1S/C9H8F3IN2O3/c1-17-8(16)7-4(2-14)6(13)5(3-15-7)18-9(10,11)12/h3H,2,14H2,1H3. The van der Waals surface area contributed by atoms with Gasteiger partial charge in [-0.2, -0.15) is 0 Å². The van der Waals surface area contributed by atoms with Crippen molar-refractivity contribution < 1.29 is 27.4 Å². The number of halogens is 4. The summed E-state index contributed by atoms with van der Waals surface area (Å²) in [6, 6.07) is 0. The average molecular weight is 376 g/mol. The Morgan fingerprint density at radius 2 is 2.17 bits per heavy atom. The van der Waals surface area contributed by atoms with Crippen LogP contribution in [0.25, 0.3) is 0 Å². The second-order valence-corrected chi connectivity index (χ2v) is 4.09. The summed E-state index contributed by atoms with van der Waals surface area (Å²) in [6.45, 7) is -0.162. The molecular weight excluding hydrogens is 368 g/mol. The number of alkyl halides is 3. The Bertz CT molecular complexity index is 465. The largest absolute Gasteiger partial charge is 0.573 e. The molecule has 0 aliphatic heterocycles. The Kier molecular flexibility index (Phi) is 4.73. The first-order chi connectivity index (χ1) is 8.30. The molecule has 0 fully saturated rings. The van der Waals surface area contributed by atoms with Crippen LogP contribution < -0.4 is 10.5 Å². The van der Waals surface area contributed by atoms with E-state index >= 15 is 0 Å². The zero-order chi connectivity index (χ0) is 13.9. The fraction of sp³-hybridized carbons (Fsp3) is 0.333. The summed E-state index contributed by atoms with van der Waals surface area (Å²) < 4.78 is 44.6. The SMILES string of the molecule is COC(=O)c1ncc(OC(F)(F)F)c(I)c1CN. The van der Waals surface area contributed by atoms with E-state index in [1.807, 2.05) is 0 Å². The molecule has 5 nitrogen and oxygen atoms in total. The van der Waals surface area contributed by atoms with Crippen LogP contribution in [0.1, 0.15) is 16.1 Å². The lowest BCUT2D eigenvalue weighted by atomic mass is 10.2. The number of ether oxygens (including phenoxy) is 2. The van der Waals surface area contributed by atoms with Gasteiger partial charge in [-0.3, -0.25) is 0 Å². The summed E-state index contributed by atoms with van der Waals surface area (Å²) in [4.78, 5) is 14.9. The molecule has 0 bridgehead atoms. The first kappa shape index (κ1) is 15.0. The number of hydrogen-bond donors (Lipinski definition) is 1. The van der Waals surface area contributed by atoms with E-state index in [-0.39, 0.29) is 21.4 Å². The molecule has 0 saturated heterocycles. The highest BCUT2D eigenvalue weighted by Crippen LogP contribution is 2.30. The lowest BCUT2D eigenvalue weighted by Gasteiger charge is -2.14. The Labute approximate surface area is 114 Å². The van der Waals surface area contributed by atoms with Crippen molar-refractivity contribution in [2.45, 2.75) is 12.9 Å². The van der Waals surface area contributed by atoms with E-state index < -0.39 is 18.1 Å². The molecule has 1 rings (SSSR count). The van der Waals surface area contributed by atoms with Crippen molar-refractivity contribution in [1.29, 1.82) is 0 Å². The Hall–Kier alpha value is -1.10. The first-order valence-corrected chi connectivity index (χ1v) is 5.59. The third-order valence-corrected chi connectivity index (χ3v) is 3.07. The molecule has 0 aliphatic carbocycles. The molecule has 1 heterocycles. The maximum absolute atomic E-state index is 12.1. The topological polar surface area (TPSA) is 74.4 Å². The number of pyridine rings is 1. The van der Waals surface area contributed by atoms with Crippen molar-refractivity contribution in [3.8, 4) is 5.75 Å². The molecule has 0 amide bonds. The molecular formula is C9H8F3IN2O3. The second kappa shape index (κ2) is 5.69. The number of methoxy groups -OCH3 is 1. The highest BCUT2D eigenvalue weighted by molar-refractivity contribution is 14.1. The summed E-state index contributed by atoms with van der Waals surface area (Å²) in [5.74, 6) is -1.27. The van der Waals surface area contributed by atoms with Gasteiger partial charge in [0.1, 0.15) is 0 Å². The van der Waals surface area contributed by atoms with Crippen molar-refractivity contribution in [3.05, 3.63) is 21.0 Å². The monoisotopic (exact) mass is 376 g/mol. The van der Waals surface area contributed by atoms with Gasteiger partial charge in [0.15, 0.2) is 11.4 Å². The molecule has 0 aromatic carbocycles. The number of hydrogen-bond acceptors (Lipinski definition) is 5. The van der Waals surface area contributed by atoms with Crippen LogP contribution in [0, 0.1) is 3.57 Å². The van der Waals surface area contributed by atoms with Gasteiger partial charge in [0.25, 0.3) is 0 Å². The highest BCUT2D eigenvalue weighted by atomic mass is 127. The minimum Gasteiger partial charge on any atom is -0.464 e. The molecule has 2 N–H and O–H groups in total. The predicted octanol–water partition coefficient (Wildman–Crippen LogP) is 1.83. The number of nitrogens with zero attached hydrogens (tertiary/aromatic N) is 1. The van der Waals surface area contributed by atoms with Crippen LogP contribution in [0.5, 0.6) is 5.75 Å². The van der Waals surface area contributed by atoms with Crippen LogP contribution in [0.2, 0.25) is 0 Å². The normalized spacial score (nSPS) is 11.2. The zero-order valence-electron chi connectivity index (χ0n) is 9.05. The van der Waals surface area contributed by atoms with E-state index in [0.29, 0.717) is 0 Å². The van der Waals surface area contributed by atoms with Crippen LogP contribution in [-0.2, 0) is 11.3 Å². The summed E-state index contributed by atoms with van der Waals surface area (Å²) in [5.41, 5.74) is 5.40. The maximum Gasteiger partial charge on any atom is 0.573 e. The van der Waals surface area contributed by atoms with Crippen LogP contribution in [0.4, 0.5) is 13.2 Å². The smallest absolute Gasteiger partial charge is 0.464 e. The number of esters is 1. The quantitative estimate of drug-likeness (QED) is 0.644. The van der Waals surface area contributed by atoms with E-state index in [9.17, 15) is 18.0 Å². The summed E-state index contributed by atoms with van der Waals surface area (Å²) in [7, 11) is 1.14. The Morgan fingerprint density at radius 3 is 2.61 bits per heavy atom. The summed E-state index contributed by atoms with van der Waals surface area (Å²) >= 11 is 1.60. The van der Waals surface area contributed by atoms with Gasteiger partial charge in [0.2, 0.25) is 0 Å². The molecule has 9 heteroatoms. The number of nitrogens with two attached hydrogens (primary N) is 1. The molecule has 100 valence electrons. The molecule has 1 aromatic heterocycles. The summed E-state index contributed by atoms with van der Waals surface area (Å²) in [5, 5.41) is 0. The molecule has 0 aliphatic rings. The van der Waals surface area contributed by atoms with Gasteiger partial charge >= 0.3 is 12.3 Å².